The van der Waals surface area contributed by atoms with Crippen LogP contribution in [0.3, 0.4) is 0 Å². The molecular weight excluding hydrogens is 259 g/mol. The number of nitrogens with one attached hydrogen (secondary N) is 1. The summed E-state index contributed by atoms with van der Waals surface area (Å²) in [7, 11) is 0. The lowest BCUT2D eigenvalue weighted by molar-refractivity contribution is 0.0697. The van der Waals surface area contributed by atoms with Crippen molar-refractivity contribution in [2.24, 2.45) is 0 Å². The maximum Gasteiger partial charge on any atom is 0.337 e. The number of aromatic nitrogens is 1. The smallest absolute Gasteiger partial charge is 0.337 e. The van der Waals surface area contributed by atoms with Crippen LogP contribution in [0.2, 0.25) is 0 Å². The lowest BCUT2D eigenvalue weighted by Crippen LogP contribution is -2.15. The van der Waals surface area contributed by atoms with E-state index in [1.807, 2.05) is 0 Å². The Balaban J connectivity index is 2.34. The van der Waals surface area contributed by atoms with E-state index in [1.165, 1.54) is 18.3 Å². The van der Waals surface area contributed by atoms with Crippen molar-refractivity contribution in [3.8, 4) is 0 Å². The van der Waals surface area contributed by atoms with Crippen LogP contribution >= 0.6 is 11.3 Å². The minimum atomic E-state index is -1.32. The Morgan fingerprint density at radius 3 is 2.78 bits per heavy atom. The molecule has 0 atom stereocenters. The maximum absolute atomic E-state index is 13.5. The van der Waals surface area contributed by atoms with Gasteiger partial charge in [0.15, 0.2) is 5.01 Å². The highest BCUT2D eigenvalue weighted by molar-refractivity contribution is 7.11. The van der Waals surface area contributed by atoms with Crippen molar-refractivity contribution < 1.29 is 19.1 Å². The summed E-state index contributed by atoms with van der Waals surface area (Å²) in [5, 5.41) is 12.8. The fraction of sp³-hybridized carbons (Fsp3) is 0. The van der Waals surface area contributed by atoms with Crippen LogP contribution in [0.5, 0.6) is 0 Å². The number of carbonyl (C=O) groups is 2. The largest absolute Gasteiger partial charge is 0.478 e. The number of rotatable bonds is 3. The van der Waals surface area contributed by atoms with E-state index in [9.17, 15) is 14.0 Å². The van der Waals surface area contributed by atoms with Gasteiger partial charge in [-0.1, -0.05) is 6.07 Å². The van der Waals surface area contributed by atoms with E-state index in [0.29, 0.717) is 0 Å². The van der Waals surface area contributed by atoms with Crippen molar-refractivity contribution in [2.45, 2.75) is 0 Å². The standard InChI is InChI=1S/C11H7FN2O3S/c12-7-3-1-2-6(11(16)17)8(7)14-9(15)10-13-4-5-18-10/h1-5H,(H,14,15)(H,16,17). The van der Waals surface area contributed by atoms with Gasteiger partial charge in [0.2, 0.25) is 0 Å². The van der Waals surface area contributed by atoms with Crippen LogP contribution in [-0.2, 0) is 0 Å². The fourth-order valence-electron chi connectivity index (χ4n) is 1.33. The van der Waals surface area contributed by atoms with Crippen LogP contribution < -0.4 is 5.32 Å². The lowest BCUT2D eigenvalue weighted by atomic mass is 10.1. The summed E-state index contributed by atoms with van der Waals surface area (Å²) in [4.78, 5) is 26.3. The van der Waals surface area contributed by atoms with Crippen molar-refractivity contribution in [2.75, 3.05) is 5.32 Å². The van der Waals surface area contributed by atoms with Crippen molar-refractivity contribution in [3.05, 3.63) is 46.2 Å². The highest BCUT2D eigenvalue weighted by atomic mass is 32.1. The number of carbonyl (C=O) groups excluding carboxylic acids is 1. The van der Waals surface area contributed by atoms with Crippen LogP contribution in [0.25, 0.3) is 0 Å². The third-order valence-corrected chi connectivity index (χ3v) is 2.88. The van der Waals surface area contributed by atoms with E-state index in [4.69, 9.17) is 5.11 Å². The second kappa shape index (κ2) is 4.92. The molecule has 0 saturated heterocycles. The zero-order valence-corrected chi connectivity index (χ0v) is 9.70. The minimum absolute atomic E-state index is 0.134. The Labute approximate surface area is 105 Å². The molecule has 0 bridgehead atoms. The molecule has 2 rings (SSSR count). The number of hydrogen-bond acceptors (Lipinski definition) is 4. The van der Waals surface area contributed by atoms with Gasteiger partial charge in [0.25, 0.3) is 5.91 Å². The predicted octanol–water partition coefficient (Wildman–Crippen LogP) is 2.23. The first-order valence-electron chi connectivity index (χ1n) is 4.82. The molecule has 0 aliphatic carbocycles. The normalized spacial score (nSPS) is 10.1. The number of anilines is 1. The van der Waals surface area contributed by atoms with Gasteiger partial charge in [-0.3, -0.25) is 4.79 Å². The molecule has 1 aromatic heterocycles. The number of amides is 1. The number of nitrogens with zero attached hydrogens (tertiary/aromatic N) is 1. The molecule has 1 aromatic carbocycles. The molecule has 0 radical (unpaired) electrons. The number of benzene rings is 1. The van der Waals surface area contributed by atoms with Gasteiger partial charge >= 0.3 is 5.97 Å². The van der Waals surface area contributed by atoms with E-state index in [-0.39, 0.29) is 16.3 Å². The summed E-state index contributed by atoms with van der Waals surface area (Å²) < 4.78 is 13.5. The number of hydrogen-bond donors (Lipinski definition) is 2. The zero-order chi connectivity index (χ0) is 13.1. The van der Waals surface area contributed by atoms with E-state index in [2.05, 4.69) is 10.3 Å². The van der Waals surface area contributed by atoms with Gasteiger partial charge in [-0.15, -0.1) is 11.3 Å². The molecule has 0 fully saturated rings. The van der Waals surface area contributed by atoms with Gasteiger partial charge in [0.1, 0.15) is 5.82 Å². The average molecular weight is 266 g/mol. The Kier molecular flexibility index (Phi) is 3.33. The minimum Gasteiger partial charge on any atom is -0.478 e. The summed E-state index contributed by atoms with van der Waals surface area (Å²) in [6.07, 6.45) is 1.43. The Hall–Kier alpha value is -2.28. The maximum atomic E-state index is 13.5. The first-order valence-corrected chi connectivity index (χ1v) is 5.70. The number of carboxylic acid groups (broad SMARTS) is 1. The Morgan fingerprint density at radius 1 is 1.39 bits per heavy atom. The van der Waals surface area contributed by atoms with Gasteiger partial charge < -0.3 is 10.4 Å². The number of aromatic carboxylic acids is 1. The molecule has 2 aromatic rings. The summed E-state index contributed by atoms with van der Waals surface area (Å²) in [5.74, 6) is -2.76. The topological polar surface area (TPSA) is 79.3 Å². The highest BCUT2D eigenvalue weighted by Crippen LogP contribution is 2.21. The molecule has 0 unspecified atom stereocenters. The predicted molar refractivity (Wildman–Crippen MR) is 63.4 cm³/mol. The number of halogens is 1. The third kappa shape index (κ3) is 2.35. The van der Waals surface area contributed by atoms with E-state index < -0.39 is 17.7 Å². The number of para-hydroxylation sites is 1. The molecule has 1 amide bonds. The average Bonchev–Trinajstić information content (AvgIpc) is 2.85. The van der Waals surface area contributed by atoms with E-state index in [0.717, 1.165) is 17.4 Å². The molecule has 0 spiro atoms. The SMILES string of the molecule is O=C(Nc1c(F)cccc1C(=O)O)c1nccs1. The molecule has 5 nitrogen and oxygen atoms in total. The Bertz CT molecular complexity index is 598. The van der Waals surface area contributed by atoms with Crippen LogP contribution in [0, 0.1) is 5.82 Å². The highest BCUT2D eigenvalue weighted by Gasteiger charge is 2.18. The fourth-order valence-corrected chi connectivity index (χ4v) is 1.86. The van der Waals surface area contributed by atoms with Crippen molar-refractivity contribution in [1.82, 2.24) is 4.98 Å². The molecule has 7 heteroatoms. The van der Waals surface area contributed by atoms with Crippen molar-refractivity contribution in [1.29, 1.82) is 0 Å². The van der Waals surface area contributed by atoms with Gasteiger partial charge in [0.05, 0.1) is 11.3 Å². The van der Waals surface area contributed by atoms with Crippen molar-refractivity contribution in [3.63, 3.8) is 0 Å². The molecule has 0 aliphatic heterocycles. The van der Waals surface area contributed by atoms with Crippen LogP contribution in [0.1, 0.15) is 20.2 Å². The van der Waals surface area contributed by atoms with Gasteiger partial charge in [0, 0.05) is 11.6 Å². The van der Waals surface area contributed by atoms with Crippen molar-refractivity contribution >= 4 is 28.9 Å². The summed E-state index contributed by atoms with van der Waals surface area (Å²) in [6, 6.07) is 3.55. The van der Waals surface area contributed by atoms with E-state index >= 15 is 0 Å². The molecular formula is C11H7FN2O3S. The second-order valence-corrected chi connectivity index (χ2v) is 4.15. The third-order valence-electron chi connectivity index (χ3n) is 2.11. The summed E-state index contributed by atoms with van der Waals surface area (Å²) in [6.45, 7) is 0. The molecule has 2 N–H and O–H groups in total. The van der Waals surface area contributed by atoms with Crippen LogP contribution in [-0.4, -0.2) is 22.0 Å². The molecule has 0 saturated carbocycles. The molecule has 0 aliphatic rings. The summed E-state index contributed by atoms with van der Waals surface area (Å²) in [5.41, 5.74) is -0.662. The Morgan fingerprint density at radius 2 is 2.17 bits per heavy atom. The first-order chi connectivity index (χ1) is 8.59. The van der Waals surface area contributed by atoms with E-state index in [1.54, 1.807) is 5.38 Å². The van der Waals surface area contributed by atoms with Gasteiger partial charge in [-0.2, -0.15) is 0 Å². The number of thiazole rings is 1. The van der Waals surface area contributed by atoms with Crippen LogP contribution in [0.4, 0.5) is 10.1 Å². The molecule has 1 heterocycles. The second-order valence-electron chi connectivity index (χ2n) is 3.26. The monoisotopic (exact) mass is 266 g/mol. The molecule has 18 heavy (non-hydrogen) atoms. The zero-order valence-electron chi connectivity index (χ0n) is 8.88. The van der Waals surface area contributed by atoms with Crippen LogP contribution in [0.15, 0.2) is 29.8 Å². The van der Waals surface area contributed by atoms with Gasteiger partial charge in [-0.05, 0) is 12.1 Å². The first kappa shape index (κ1) is 12.2. The number of carboxylic acids is 1. The van der Waals surface area contributed by atoms with Gasteiger partial charge in [-0.25, -0.2) is 14.2 Å². The lowest BCUT2D eigenvalue weighted by Gasteiger charge is -2.07. The molecule has 92 valence electrons. The summed E-state index contributed by atoms with van der Waals surface area (Å²) >= 11 is 1.08. The quantitative estimate of drug-likeness (QED) is 0.892.